The first-order chi connectivity index (χ1) is 12.2. The maximum atomic E-state index is 12.0. The summed E-state index contributed by atoms with van der Waals surface area (Å²) in [5.74, 6) is 1.60. The minimum absolute atomic E-state index is 0.0113. The van der Waals surface area contributed by atoms with Gasteiger partial charge in [-0.15, -0.1) is 15.3 Å². The lowest BCUT2D eigenvalue weighted by molar-refractivity contribution is -0.148. The fourth-order valence-electron chi connectivity index (χ4n) is 3.49. The first kappa shape index (κ1) is 15.8. The van der Waals surface area contributed by atoms with E-state index in [4.69, 9.17) is 9.84 Å². The Labute approximate surface area is 145 Å². The second-order valence-electron chi connectivity index (χ2n) is 6.37. The number of rotatable bonds is 3. The predicted molar refractivity (Wildman–Crippen MR) is 94.6 cm³/mol. The highest BCUT2D eigenvalue weighted by atomic mass is 16.5. The number of hydrogen-bond acceptors (Lipinski definition) is 6. The molecule has 2 aromatic heterocycles. The minimum Gasteiger partial charge on any atom is -0.466 e. The van der Waals surface area contributed by atoms with E-state index in [9.17, 15) is 4.79 Å². The smallest absolute Gasteiger partial charge is 0.309 e. The number of fused-ring (bicyclic) bond motifs is 3. The molecule has 0 N–H and O–H groups in total. The van der Waals surface area contributed by atoms with Gasteiger partial charge in [0.2, 0.25) is 0 Å². The molecule has 7 nitrogen and oxygen atoms in total. The fourth-order valence-corrected chi connectivity index (χ4v) is 3.49. The Morgan fingerprint density at radius 3 is 2.64 bits per heavy atom. The Kier molecular flexibility index (Phi) is 3.99. The van der Waals surface area contributed by atoms with Crippen molar-refractivity contribution in [3.05, 3.63) is 30.1 Å². The number of ether oxygens (including phenoxy) is 1. The van der Waals surface area contributed by atoms with Gasteiger partial charge in [-0.3, -0.25) is 4.79 Å². The van der Waals surface area contributed by atoms with Crippen LogP contribution in [0.5, 0.6) is 0 Å². The molecule has 0 saturated carbocycles. The lowest BCUT2D eigenvalue weighted by Crippen LogP contribution is -2.37. The van der Waals surface area contributed by atoms with Crippen LogP contribution in [0.25, 0.3) is 16.4 Å². The van der Waals surface area contributed by atoms with Gasteiger partial charge < -0.3 is 9.64 Å². The van der Waals surface area contributed by atoms with Gasteiger partial charge in [0.25, 0.3) is 0 Å². The summed E-state index contributed by atoms with van der Waals surface area (Å²) < 4.78 is 6.96. The zero-order valence-corrected chi connectivity index (χ0v) is 14.5. The lowest BCUT2D eigenvalue weighted by Gasteiger charge is -2.32. The van der Waals surface area contributed by atoms with Crippen LogP contribution in [0.4, 0.5) is 5.82 Å². The molecule has 0 atom stereocenters. The molecule has 1 aliphatic rings. The van der Waals surface area contributed by atoms with Crippen LogP contribution in [0, 0.1) is 12.8 Å². The maximum absolute atomic E-state index is 12.0. The van der Waals surface area contributed by atoms with Crippen molar-refractivity contribution in [3.63, 3.8) is 0 Å². The molecule has 3 aromatic rings. The van der Waals surface area contributed by atoms with Crippen LogP contribution in [0.15, 0.2) is 24.3 Å². The van der Waals surface area contributed by atoms with E-state index >= 15 is 0 Å². The summed E-state index contributed by atoms with van der Waals surface area (Å²) in [6.07, 6.45) is 1.57. The van der Waals surface area contributed by atoms with Crippen LogP contribution in [0.3, 0.4) is 0 Å². The maximum Gasteiger partial charge on any atom is 0.309 e. The van der Waals surface area contributed by atoms with Gasteiger partial charge in [-0.25, -0.2) is 0 Å². The van der Waals surface area contributed by atoms with Gasteiger partial charge in [-0.2, -0.15) is 4.52 Å². The third kappa shape index (κ3) is 2.69. The number of hydrogen-bond donors (Lipinski definition) is 0. The summed E-state index contributed by atoms with van der Waals surface area (Å²) in [4.78, 5) is 14.2. The predicted octanol–water partition coefficient (Wildman–Crippen LogP) is 2.37. The molecule has 0 aliphatic carbocycles. The molecule has 0 unspecified atom stereocenters. The van der Waals surface area contributed by atoms with Crippen molar-refractivity contribution in [2.45, 2.75) is 26.7 Å². The van der Waals surface area contributed by atoms with E-state index in [2.05, 4.69) is 27.2 Å². The number of esters is 1. The van der Waals surface area contributed by atoms with Gasteiger partial charge in [0, 0.05) is 23.9 Å². The number of carbonyl (C=O) groups is 1. The number of aryl methyl sites for hydroxylation is 1. The fraction of sp³-hybridized carbons (Fsp3) is 0.444. The Hall–Kier alpha value is -2.70. The zero-order chi connectivity index (χ0) is 17.4. The summed E-state index contributed by atoms with van der Waals surface area (Å²) in [5.41, 5.74) is 0.776. The molecule has 4 rings (SSSR count). The first-order valence-corrected chi connectivity index (χ1v) is 8.71. The van der Waals surface area contributed by atoms with Crippen molar-refractivity contribution in [2.75, 3.05) is 24.6 Å². The van der Waals surface area contributed by atoms with Crippen molar-refractivity contribution in [1.29, 1.82) is 0 Å². The highest BCUT2D eigenvalue weighted by Crippen LogP contribution is 2.30. The molecule has 3 heterocycles. The molecule has 0 bridgehead atoms. The Bertz CT molecular complexity index is 928. The van der Waals surface area contributed by atoms with Crippen LogP contribution in [0.1, 0.15) is 25.6 Å². The molecule has 7 heteroatoms. The Morgan fingerprint density at radius 1 is 1.20 bits per heavy atom. The van der Waals surface area contributed by atoms with Gasteiger partial charge in [-0.05, 0) is 26.7 Å². The average Bonchev–Trinajstić information content (AvgIpc) is 3.03. The normalized spacial score (nSPS) is 15.8. The van der Waals surface area contributed by atoms with E-state index in [-0.39, 0.29) is 11.9 Å². The van der Waals surface area contributed by atoms with Crippen molar-refractivity contribution in [3.8, 4) is 0 Å². The molecule has 1 aliphatic heterocycles. The lowest BCUT2D eigenvalue weighted by atomic mass is 9.96. The number of carbonyl (C=O) groups excluding carboxylic acids is 1. The number of nitrogens with zero attached hydrogens (tertiary/aromatic N) is 5. The molecule has 1 fully saturated rings. The average molecular weight is 339 g/mol. The van der Waals surface area contributed by atoms with Crippen LogP contribution >= 0.6 is 0 Å². The second-order valence-corrected chi connectivity index (χ2v) is 6.37. The molecule has 130 valence electrons. The zero-order valence-electron chi connectivity index (χ0n) is 14.5. The van der Waals surface area contributed by atoms with E-state index in [1.807, 2.05) is 26.0 Å². The van der Waals surface area contributed by atoms with E-state index in [0.29, 0.717) is 6.61 Å². The summed E-state index contributed by atoms with van der Waals surface area (Å²) in [7, 11) is 0. The van der Waals surface area contributed by atoms with Crippen molar-refractivity contribution >= 4 is 28.2 Å². The first-order valence-electron chi connectivity index (χ1n) is 8.71. The highest BCUT2D eigenvalue weighted by molar-refractivity contribution is 6.00. The number of anilines is 1. The van der Waals surface area contributed by atoms with Gasteiger partial charge in [0.05, 0.1) is 12.5 Å². The third-order valence-corrected chi connectivity index (χ3v) is 4.81. The molecule has 25 heavy (non-hydrogen) atoms. The number of piperidine rings is 1. The molecular formula is C18H21N5O2. The van der Waals surface area contributed by atoms with Crippen LogP contribution in [0.2, 0.25) is 0 Å². The molecule has 0 radical (unpaired) electrons. The van der Waals surface area contributed by atoms with E-state index < -0.39 is 0 Å². The van der Waals surface area contributed by atoms with Gasteiger partial charge in [0.1, 0.15) is 0 Å². The minimum atomic E-state index is -0.0786. The third-order valence-electron chi connectivity index (χ3n) is 4.81. The molecule has 0 amide bonds. The molecular weight excluding hydrogens is 318 g/mol. The Balaban J connectivity index is 1.69. The van der Waals surface area contributed by atoms with Gasteiger partial charge >= 0.3 is 5.97 Å². The van der Waals surface area contributed by atoms with Crippen LogP contribution in [-0.4, -0.2) is 45.5 Å². The largest absolute Gasteiger partial charge is 0.466 e. The summed E-state index contributed by atoms with van der Waals surface area (Å²) >= 11 is 0. The second kappa shape index (κ2) is 6.31. The van der Waals surface area contributed by atoms with Crippen LogP contribution in [-0.2, 0) is 9.53 Å². The summed E-state index contributed by atoms with van der Waals surface area (Å²) in [5, 5.41) is 15.3. The molecule has 1 aromatic carbocycles. The topological polar surface area (TPSA) is 72.6 Å². The van der Waals surface area contributed by atoms with Crippen molar-refractivity contribution in [2.24, 2.45) is 5.92 Å². The van der Waals surface area contributed by atoms with E-state index in [1.165, 1.54) is 0 Å². The van der Waals surface area contributed by atoms with Crippen molar-refractivity contribution in [1.82, 2.24) is 19.8 Å². The Morgan fingerprint density at radius 2 is 1.92 bits per heavy atom. The summed E-state index contributed by atoms with van der Waals surface area (Å²) in [6.45, 7) is 5.76. The van der Waals surface area contributed by atoms with Gasteiger partial charge in [0.15, 0.2) is 17.3 Å². The number of benzene rings is 1. The van der Waals surface area contributed by atoms with Crippen LogP contribution < -0.4 is 4.90 Å². The molecule has 1 saturated heterocycles. The van der Waals surface area contributed by atoms with Gasteiger partial charge in [-0.1, -0.05) is 24.3 Å². The van der Waals surface area contributed by atoms with E-state index in [0.717, 1.165) is 54.0 Å². The standard InChI is InChI=1S/C18H21N5O2/c1-3-25-18(24)13-8-10-22(11-9-13)17-15-7-5-4-6-14(15)16-20-19-12(2)23(16)21-17/h4-7,13H,3,8-11H2,1-2H3. The monoisotopic (exact) mass is 339 g/mol. The molecule has 0 spiro atoms. The number of aromatic nitrogens is 4. The van der Waals surface area contributed by atoms with Crippen molar-refractivity contribution < 1.29 is 9.53 Å². The summed E-state index contributed by atoms with van der Waals surface area (Å²) in [6, 6.07) is 8.14. The highest BCUT2D eigenvalue weighted by Gasteiger charge is 2.28. The SMILES string of the molecule is CCOC(=O)C1CCN(c2nn3c(C)nnc3c3ccccc23)CC1. The van der Waals surface area contributed by atoms with E-state index in [1.54, 1.807) is 4.52 Å². The quantitative estimate of drug-likeness (QED) is 0.682.